The normalized spacial score (nSPS) is 18.7. The van der Waals surface area contributed by atoms with Gasteiger partial charge in [0.15, 0.2) is 5.78 Å². The Morgan fingerprint density at radius 2 is 1.72 bits per heavy atom. The van der Waals surface area contributed by atoms with E-state index in [0.717, 1.165) is 44.2 Å². The van der Waals surface area contributed by atoms with Crippen molar-refractivity contribution in [1.29, 1.82) is 0 Å². The second kappa shape index (κ2) is 4.79. The van der Waals surface area contributed by atoms with Gasteiger partial charge in [-0.25, -0.2) is 8.78 Å². The minimum atomic E-state index is -0.606. The summed E-state index contributed by atoms with van der Waals surface area (Å²) in [5.41, 5.74) is -0.388. The van der Waals surface area contributed by atoms with Gasteiger partial charge < -0.3 is 0 Å². The van der Waals surface area contributed by atoms with Gasteiger partial charge in [0.25, 0.3) is 0 Å². The largest absolute Gasteiger partial charge is 0.293 e. The molecule has 1 saturated carbocycles. The van der Waals surface area contributed by atoms with Crippen LogP contribution in [-0.4, -0.2) is 5.78 Å². The van der Waals surface area contributed by atoms with Crippen LogP contribution in [0.1, 0.15) is 54.9 Å². The molecule has 1 nitrogen and oxygen atoms in total. The van der Waals surface area contributed by atoms with Crippen LogP contribution in [0, 0.1) is 24.0 Å². The third kappa shape index (κ3) is 2.31. The molecule has 1 aromatic carbocycles. The Morgan fingerprint density at radius 3 is 2.33 bits per heavy atom. The standard InChI is InChI=1S/C15H18F2O/c1-10-8-13(17)11(9-12(10)16)14(18)15(2)6-4-3-5-7-15/h8-9H,3-7H2,1-2H3. The summed E-state index contributed by atoms with van der Waals surface area (Å²) < 4.78 is 27.3. The van der Waals surface area contributed by atoms with E-state index in [9.17, 15) is 13.6 Å². The predicted molar refractivity (Wildman–Crippen MR) is 66.6 cm³/mol. The molecule has 3 heteroatoms. The molecule has 0 bridgehead atoms. The Hall–Kier alpha value is -1.25. The summed E-state index contributed by atoms with van der Waals surface area (Å²) >= 11 is 0. The molecule has 0 aliphatic heterocycles. The summed E-state index contributed by atoms with van der Waals surface area (Å²) in [5.74, 6) is -1.37. The zero-order chi connectivity index (χ0) is 13.3. The first-order valence-electron chi connectivity index (χ1n) is 6.44. The number of hydrogen-bond donors (Lipinski definition) is 0. The Labute approximate surface area is 106 Å². The van der Waals surface area contributed by atoms with Crippen molar-refractivity contribution in [1.82, 2.24) is 0 Å². The van der Waals surface area contributed by atoms with Crippen molar-refractivity contribution in [2.75, 3.05) is 0 Å². The Morgan fingerprint density at radius 1 is 1.11 bits per heavy atom. The first-order chi connectivity index (χ1) is 8.44. The van der Waals surface area contributed by atoms with Crippen LogP contribution in [0.5, 0.6) is 0 Å². The van der Waals surface area contributed by atoms with Gasteiger partial charge in [-0.2, -0.15) is 0 Å². The summed E-state index contributed by atoms with van der Waals surface area (Å²) in [5, 5.41) is 0. The highest BCUT2D eigenvalue weighted by atomic mass is 19.1. The summed E-state index contributed by atoms with van der Waals surface area (Å²) in [4.78, 5) is 12.4. The van der Waals surface area contributed by atoms with E-state index < -0.39 is 17.0 Å². The van der Waals surface area contributed by atoms with Crippen molar-refractivity contribution >= 4 is 5.78 Å². The molecular formula is C15H18F2O. The Balaban J connectivity index is 2.36. The van der Waals surface area contributed by atoms with Gasteiger partial charge in [0.05, 0.1) is 5.56 Å². The van der Waals surface area contributed by atoms with Crippen molar-refractivity contribution in [3.8, 4) is 0 Å². The first kappa shape index (κ1) is 13.2. The third-order valence-corrected chi connectivity index (χ3v) is 4.00. The van der Waals surface area contributed by atoms with Gasteiger partial charge >= 0.3 is 0 Å². The van der Waals surface area contributed by atoms with Crippen LogP contribution < -0.4 is 0 Å². The molecule has 2 rings (SSSR count). The average Bonchev–Trinajstić information content (AvgIpc) is 2.34. The van der Waals surface area contributed by atoms with E-state index in [1.807, 2.05) is 6.92 Å². The maximum absolute atomic E-state index is 13.8. The quantitative estimate of drug-likeness (QED) is 0.712. The van der Waals surface area contributed by atoms with Crippen molar-refractivity contribution in [3.63, 3.8) is 0 Å². The molecule has 1 aliphatic carbocycles. The maximum atomic E-state index is 13.8. The fraction of sp³-hybridized carbons (Fsp3) is 0.533. The Bertz CT molecular complexity index is 474. The summed E-state index contributed by atoms with van der Waals surface area (Å²) in [7, 11) is 0. The van der Waals surface area contributed by atoms with Crippen molar-refractivity contribution in [3.05, 3.63) is 34.9 Å². The van der Waals surface area contributed by atoms with Crippen molar-refractivity contribution in [2.24, 2.45) is 5.41 Å². The van der Waals surface area contributed by atoms with Gasteiger partial charge in [0.2, 0.25) is 0 Å². The highest BCUT2D eigenvalue weighted by molar-refractivity contribution is 6.00. The molecule has 0 radical (unpaired) electrons. The number of carbonyl (C=O) groups is 1. The topological polar surface area (TPSA) is 17.1 Å². The molecule has 1 aromatic rings. The predicted octanol–water partition coefficient (Wildman–Crippen LogP) is 4.43. The third-order valence-electron chi connectivity index (χ3n) is 4.00. The monoisotopic (exact) mass is 252 g/mol. The lowest BCUT2D eigenvalue weighted by molar-refractivity contribution is 0.0744. The van der Waals surface area contributed by atoms with Gasteiger partial charge in [0.1, 0.15) is 11.6 Å². The van der Waals surface area contributed by atoms with E-state index in [1.54, 1.807) is 0 Å². The molecule has 98 valence electrons. The van der Waals surface area contributed by atoms with Crippen LogP contribution in [-0.2, 0) is 0 Å². The van der Waals surface area contributed by atoms with Crippen LogP contribution in [0.2, 0.25) is 0 Å². The zero-order valence-corrected chi connectivity index (χ0v) is 10.9. The number of ketones is 1. The minimum absolute atomic E-state index is 0.0949. The molecule has 0 N–H and O–H groups in total. The van der Waals surface area contributed by atoms with Crippen molar-refractivity contribution in [2.45, 2.75) is 46.0 Å². The molecule has 1 fully saturated rings. The average molecular weight is 252 g/mol. The van der Waals surface area contributed by atoms with Gasteiger partial charge in [-0.05, 0) is 37.5 Å². The number of aryl methyl sites for hydroxylation is 1. The number of halogens is 2. The smallest absolute Gasteiger partial charge is 0.171 e. The number of hydrogen-bond acceptors (Lipinski definition) is 1. The molecule has 0 saturated heterocycles. The Kier molecular flexibility index (Phi) is 3.51. The van der Waals surface area contributed by atoms with Gasteiger partial charge in [-0.15, -0.1) is 0 Å². The SMILES string of the molecule is Cc1cc(F)c(C(=O)C2(C)CCCCC2)cc1F. The van der Waals surface area contributed by atoms with Crippen LogP contribution in [0.3, 0.4) is 0 Å². The molecular weight excluding hydrogens is 234 g/mol. The number of benzene rings is 1. The first-order valence-corrected chi connectivity index (χ1v) is 6.44. The van der Waals surface area contributed by atoms with Crippen LogP contribution >= 0.6 is 0 Å². The number of rotatable bonds is 2. The second-order valence-electron chi connectivity index (χ2n) is 5.53. The number of carbonyl (C=O) groups excluding carboxylic acids is 1. The van der Waals surface area contributed by atoms with Gasteiger partial charge in [-0.1, -0.05) is 26.2 Å². The lowest BCUT2D eigenvalue weighted by atomic mass is 9.71. The molecule has 0 atom stereocenters. The maximum Gasteiger partial charge on any atom is 0.171 e. The van der Waals surface area contributed by atoms with E-state index in [0.29, 0.717) is 0 Å². The lowest BCUT2D eigenvalue weighted by Crippen LogP contribution is -2.31. The zero-order valence-electron chi connectivity index (χ0n) is 10.9. The molecule has 0 heterocycles. The molecule has 0 aromatic heterocycles. The fourth-order valence-electron chi connectivity index (χ4n) is 2.70. The lowest BCUT2D eigenvalue weighted by Gasteiger charge is -2.32. The highest BCUT2D eigenvalue weighted by Gasteiger charge is 2.36. The van der Waals surface area contributed by atoms with Crippen LogP contribution in [0.4, 0.5) is 8.78 Å². The summed E-state index contributed by atoms with van der Waals surface area (Å²) in [6, 6.07) is 2.15. The van der Waals surface area contributed by atoms with Gasteiger partial charge in [0, 0.05) is 5.41 Å². The van der Waals surface area contributed by atoms with E-state index in [1.165, 1.54) is 6.92 Å². The van der Waals surface area contributed by atoms with E-state index >= 15 is 0 Å². The number of Topliss-reactive ketones (excluding diaryl/α,β-unsaturated/α-hetero) is 1. The second-order valence-corrected chi connectivity index (χ2v) is 5.53. The summed E-state index contributed by atoms with van der Waals surface area (Å²) in [6.07, 6.45) is 4.62. The molecule has 0 unspecified atom stereocenters. The van der Waals surface area contributed by atoms with Crippen LogP contribution in [0.15, 0.2) is 12.1 Å². The van der Waals surface area contributed by atoms with E-state index in [4.69, 9.17) is 0 Å². The van der Waals surface area contributed by atoms with Crippen LogP contribution in [0.25, 0.3) is 0 Å². The van der Waals surface area contributed by atoms with E-state index in [2.05, 4.69) is 0 Å². The van der Waals surface area contributed by atoms with E-state index in [-0.39, 0.29) is 16.9 Å². The fourth-order valence-corrected chi connectivity index (χ4v) is 2.70. The van der Waals surface area contributed by atoms with Gasteiger partial charge in [-0.3, -0.25) is 4.79 Å². The molecule has 1 aliphatic rings. The molecule has 0 spiro atoms. The van der Waals surface area contributed by atoms with Crippen molar-refractivity contribution < 1.29 is 13.6 Å². The highest BCUT2D eigenvalue weighted by Crippen LogP contribution is 2.39. The minimum Gasteiger partial charge on any atom is -0.293 e. The summed E-state index contributed by atoms with van der Waals surface area (Å²) in [6.45, 7) is 3.36. The molecule has 18 heavy (non-hydrogen) atoms. The molecule has 0 amide bonds.